The third-order valence-corrected chi connectivity index (χ3v) is 4.52. The van der Waals surface area contributed by atoms with E-state index in [9.17, 15) is 4.79 Å². The van der Waals surface area contributed by atoms with Crippen LogP contribution in [-0.4, -0.2) is 22.6 Å². The zero-order valence-corrected chi connectivity index (χ0v) is 15.2. The van der Waals surface area contributed by atoms with Crippen LogP contribution >= 0.6 is 0 Å². The van der Waals surface area contributed by atoms with Crippen molar-refractivity contribution in [1.29, 1.82) is 0 Å². The van der Waals surface area contributed by atoms with Crippen molar-refractivity contribution in [2.45, 2.75) is 20.3 Å². The Labute approximate surface area is 156 Å². The molecule has 0 radical (unpaired) electrons. The minimum absolute atomic E-state index is 0.0744. The van der Waals surface area contributed by atoms with Crippen LogP contribution in [0.4, 0.5) is 0 Å². The second kappa shape index (κ2) is 7.07. The van der Waals surface area contributed by atoms with E-state index in [1.165, 1.54) is 0 Å². The second-order valence-electron chi connectivity index (χ2n) is 6.41. The summed E-state index contributed by atoms with van der Waals surface area (Å²) in [6, 6.07) is 15.9. The summed E-state index contributed by atoms with van der Waals surface area (Å²) in [5, 5.41) is 11.6. The lowest BCUT2D eigenvalue weighted by atomic mass is 10.1. The Morgan fingerprint density at radius 1 is 1.00 bits per heavy atom. The summed E-state index contributed by atoms with van der Waals surface area (Å²) in [5.41, 5.74) is 3.88. The molecule has 0 bridgehead atoms. The van der Waals surface area contributed by atoms with Crippen molar-refractivity contribution in [1.82, 2.24) is 15.5 Å². The molecule has 0 aliphatic rings. The first kappa shape index (κ1) is 17.0. The maximum atomic E-state index is 12.3. The van der Waals surface area contributed by atoms with Gasteiger partial charge in [-0.15, -0.1) is 10.2 Å². The van der Waals surface area contributed by atoms with Gasteiger partial charge in [-0.1, -0.05) is 48.5 Å². The van der Waals surface area contributed by atoms with Crippen LogP contribution < -0.4 is 5.32 Å². The highest BCUT2D eigenvalue weighted by molar-refractivity contribution is 5.90. The average Bonchev–Trinajstić information content (AvgIpc) is 3.29. The van der Waals surface area contributed by atoms with Crippen molar-refractivity contribution in [2.75, 3.05) is 6.54 Å². The molecule has 6 heteroatoms. The largest absolute Gasteiger partial charge is 0.450 e. The highest BCUT2D eigenvalue weighted by atomic mass is 16.4. The standard InChI is InChI=1S/C21H19N3O3/c1-13-7-6-10-16-14(2)18(26-17(13)16)20-23-24-21(27-20)19(25)22-12-11-15-8-4-3-5-9-15/h3-10H,11-12H2,1-2H3,(H,22,25). The molecule has 0 aliphatic heterocycles. The van der Waals surface area contributed by atoms with Gasteiger partial charge in [0, 0.05) is 17.5 Å². The van der Waals surface area contributed by atoms with E-state index in [0.717, 1.165) is 34.1 Å². The monoisotopic (exact) mass is 361 g/mol. The molecule has 1 amide bonds. The molecule has 1 N–H and O–H groups in total. The van der Waals surface area contributed by atoms with Crippen molar-refractivity contribution in [3.8, 4) is 11.7 Å². The van der Waals surface area contributed by atoms with Crippen LogP contribution in [0.25, 0.3) is 22.6 Å². The molecule has 0 unspecified atom stereocenters. The maximum Gasteiger partial charge on any atom is 0.308 e. The van der Waals surface area contributed by atoms with Crippen LogP contribution in [0.5, 0.6) is 0 Å². The molecule has 0 spiro atoms. The molecule has 136 valence electrons. The summed E-state index contributed by atoms with van der Waals surface area (Å²) in [6.07, 6.45) is 0.732. The fourth-order valence-electron chi connectivity index (χ4n) is 3.04. The summed E-state index contributed by atoms with van der Waals surface area (Å²) in [7, 11) is 0. The molecule has 2 aromatic carbocycles. The molecule has 0 fully saturated rings. The van der Waals surface area contributed by atoms with Crippen molar-refractivity contribution >= 4 is 16.9 Å². The molecule has 0 saturated heterocycles. The highest BCUT2D eigenvalue weighted by Crippen LogP contribution is 2.33. The van der Waals surface area contributed by atoms with E-state index in [-0.39, 0.29) is 11.8 Å². The summed E-state index contributed by atoms with van der Waals surface area (Å²) in [4.78, 5) is 12.3. The Hall–Kier alpha value is -3.41. The van der Waals surface area contributed by atoms with E-state index in [4.69, 9.17) is 8.83 Å². The molecular weight excluding hydrogens is 342 g/mol. The minimum Gasteiger partial charge on any atom is -0.450 e. The van der Waals surface area contributed by atoms with Gasteiger partial charge in [-0.3, -0.25) is 4.79 Å². The van der Waals surface area contributed by atoms with Crippen LogP contribution in [0.1, 0.15) is 27.4 Å². The summed E-state index contributed by atoms with van der Waals surface area (Å²) in [6.45, 7) is 4.41. The number of amides is 1. The van der Waals surface area contributed by atoms with Gasteiger partial charge in [0.25, 0.3) is 5.89 Å². The second-order valence-corrected chi connectivity index (χ2v) is 6.41. The quantitative estimate of drug-likeness (QED) is 0.579. The van der Waals surface area contributed by atoms with E-state index >= 15 is 0 Å². The van der Waals surface area contributed by atoms with Crippen LogP contribution in [0.15, 0.2) is 57.4 Å². The Balaban J connectivity index is 1.49. The summed E-state index contributed by atoms with van der Waals surface area (Å²) >= 11 is 0. The van der Waals surface area contributed by atoms with E-state index in [1.807, 2.05) is 62.4 Å². The number of para-hydroxylation sites is 1. The number of aryl methyl sites for hydroxylation is 2. The predicted molar refractivity (Wildman–Crippen MR) is 101 cm³/mol. The Bertz CT molecular complexity index is 1100. The van der Waals surface area contributed by atoms with Crippen LogP contribution in [-0.2, 0) is 6.42 Å². The van der Waals surface area contributed by atoms with Crippen molar-refractivity contribution in [3.05, 3.63) is 71.1 Å². The Morgan fingerprint density at radius 2 is 1.81 bits per heavy atom. The normalized spacial score (nSPS) is 11.0. The maximum absolute atomic E-state index is 12.3. The van der Waals surface area contributed by atoms with Crippen LogP contribution in [0, 0.1) is 13.8 Å². The molecule has 2 heterocycles. The van der Waals surface area contributed by atoms with Gasteiger partial charge in [-0.2, -0.15) is 0 Å². The van der Waals surface area contributed by atoms with E-state index in [0.29, 0.717) is 12.3 Å². The molecule has 27 heavy (non-hydrogen) atoms. The van der Waals surface area contributed by atoms with E-state index < -0.39 is 5.91 Å². The molecule has 2 aromatic heterocycles. The summed E-state index contributed by atoms with van der Waals surface area (Å²) < 4.78 is 11.5. The zero-order valence-electron chi connectivity index (χ0n) is 15.2. The van der Waals surface area contributed by atoms with Crippen molar-refractivity contribution in [2.24, 2.45) is 0 Å². The molecular formula is C21H19N3O3. The highest BCUT2D eigenvalue weighted by Gasteiger charge is 2.21. The van der Waals surface area contributed by atoms with Gasteiger partial charge in [0.1, 0.15) is 5.58 Å². The van der Waals surface area contributed by atoms with Crippen molar-refractivity contribution in [3.63, 3.8) is 0 Å². The fraction of sp³-hybridized carbons (Fsp3) is 0.190. The Morgan fingerprint density at radius 3 is 2.59 bits per heavy atom. The van der Waals surface area contributed by atoms with Crippen molar-refractivity contribution < 1.29 is 13.6 Å². The molecule has 0 atom stereocenters. The van der Waals surface area contributed by atoms with Crippen LogP contribution in [0.3, 0.4) is 0 Å². The van der Waals surface area contributed by atoms with Gasteiger partial charge in [-0.05, 0) is 31.4 Å². The lowest BCUT2D eigenvalue weighted by molar-refractivity contribution is 0.0920. The van der Waals surface area contributed by atoms with E-state index in [2.05, 4.69) is 15.5 Å². The molecule has 4 rings (SSSR count). The number of rotatable bonds is 5. The van der Waals surface area contributed by atoms with E-state index in [1.54, 1.807) is 0 Å². The third kappa shape index (κ3) is 3.33. The van der Waals surface area contributed by atoms with Gasteiger partial charge < -0.3 is 14.2 Å². The van der Waals surface area contributed by atoms with Gasteiger partial charge in [-0.25, -0.2) is 0 Å². The minimum atomic E-state index is -0.394. The molecule has 0 saturated carbocycles. The first-order valence-corrected chi connectivity index (χ1v) is 8.78. The first-order chi connectivity index (χ1) is 13.1. The number of benzene rings is 2. The number of nitrogens with zero attached hydrogens (tertiary/aromatic N) is 2. The number of carbonyl (C=O) groups excluding carboxylic acids is 1. The topological polar surface area (TPSA) is 81.2 Å². The summed E-state index contributed by atoms with van der Waals surface area (Å²) in [5.74, 6) is 0.232. The smallest absolute Gasteiger partial charge is 0.308 e. The molecule has 6 nitrogen and oxygen atoms in total. The van der Waals surface area contributed by atoms with Gasteiger partial charge in [0.15, 0.2) is 5.76 Å². The zero-order chi connectivity index (χ0) is 18.8. The predicted octanol–water partition coefficient (Wildman–Crippen LogP) is 4.07. The lowest BCUT2D eigenvalue weighted by Gasteiger charge is -2.02. The molecule has 0 aliphatic carbocycles. The molecule has 4 aromatic rings. The average molecular weight is 361 g/mol. The number of furan rings is 1. The number of nitrogens with one attached hydrogen (secondary N) is 1. The number of hydrogen-bond donors (Lipinski definition) is 1. The van der Waals surface area contributed by atoms with Gasteiger partial charge in [0.2, 0.25) is 0 Å². The first-order valence-electron chi connectivity index (χ1n) is 8.78. The third-order valence-electron chi connectivity index (χ3n) is 4.52. The van der Waals surface area contributed by atoms with Crippen LogP contribution in [0.2, 0.25) is 0 Å². The SMILES string of the molecule is Cc1c(-c2nnc(C(=O)NCCc3ccccc3)o2)oc2c(C)cccc12. The number of carbonyl (C=O) groups is 1. The van der Waals surface area contributed by atoms with Gasteiger partial charge in [0.05, 0.1) is 0 Å². The number of hydrogen-bond acceptors (Lipinski definition) is 5. The fourth-order valence-corrected chi connectivity index (χ4v) is 3.04. The van der Waals surface area contributed by atoms with Gasteiger partial charge >= 0.3 is 11.8 Å². The Kier molecular flexibility index (Phi) is 4.46. The number of aromatic nitrogens is 2. The lowest BCUT2D eigenvalue weighted by Crippen LogP contribution is -2.26. The number of fused-ring (bicyclic) bond motifs is 1.